The molecule has 1 N–H and O–H groups in total. The molecule has 0 spiro atoms. The molecule has 0 bridgehead atoms. The lowest BCUT2D eigenvalue weighted by Gasteiger charge is -2.01. The van der Waals surface area contributed by atoms with Crippen molar-refractivity contribution >= 4 is 21.8 Å². The van der Waals surface area contributed by atoms with Gasteiger partial charge in [-0.2, -0.15) is 5.10 Å². The highest BCUT2D eigenvalue weighted by molar-refractivity contribution is 7.91. The highest BCUT2D eigenvalue weighted by Crippen LogP contribution is 2.22. The largest absolute Gasteiger partial charge is 0.403 e. The number of sulfone groups is 1. The summed E-state index contributed by atoms with van der Waals surface area (Å²) in [5, 5.41) is 14.2. The maximum Gasteiger partial charge on any atom is 0.322 e. The predicted molar refractivity (Wildman–Crippen MR) is 93.3 cm³/mol. The Labute approximate surface area is 150 Å². The van der Waals surface area contributed by atoms with E-state index in [-0.39, 0.29) is 28.2 Å². The quantitative estimate of drug-likeness (QED) is 0.699. The van der Waals surface area contributed by atoms with Crippen LogP contribution in [0.2, 0.25) is 0 Å². The van der Waals surface area contributed by atoms with E-state index < -0.39 is 15.7 Å². The lowest BCUT2D eigenvalue weighted by atomic mass is 10.2. The third kappa shape index (κ3) is 3.64. The summed E-state index contributed by atoms with van der Waals surface area (Å²) in [6.07, 6.45) is 1.69. The second-order valence-corrected chi connectivity index (χ2v) is 7.63. The molecule has 0 aliphatic rings. The van der Waals surface area contributed by atoms with Crippen LogP contribution in [0.3, 0.4) is 0 Å². The van der Waals surface area contributed by atoms with Gasteiger partial charge in [-0.15, -0.1) is 5.10 Å². The van der Waals surface area contributed by atoms with Gasteiger partial charge in [-0.1, -0.05) is 12.0 Å². The van der Waals surface area contributed by atoms with Crippen LogP contribution in [-0.2, 0) is 16.4 Å². The molecule has 0 atom stereocenters. The lowest BCUT2D eigenvalue weighted by Crippen LogP contribution is -2.13. The van der Waals surface area contributed by atoms with Gasteiger partial charge in [-0.25, -0.2) is 8.42 Å². The normalized spacial score (nSPS) is 11.5. The molecule has 3 rings (SSSR count). The van der Waals surface area contributed by atoms with Gasteiger partial charge in [-0.3, -0.25) is 14.8 Å². The average molecular weight is 375 g/mol. The van der Waals surface area contributed by atoms with Crippen molar-refractivity contribution in [1.29, 1.82) is 0 Å². The highest BCUT2D eigenvalue weighted by atomic mass is 32.2. The Morgan fingerprint density at radius 2 is 1.88 bits per heavy atom. The van der Waals surface area contributed by atoms with E-state index in [0.717, 1.165) is 0 Å². The predicted octanol–water partition coefficient (Wildman–Crippen LogP) is 2.00. The molecule has 0 saturated carbocycles. The van der Waals surface area contributed by atoms with Crippen molar-refractivity contribution in [3.05, 3.63) is 42.2 Å². The van der Waals surface area contributed by atoms with Crippen LogP contribution >= 0.6 is 0 Å². The first-order chi connectivity index (χ1) is 12.4. The Kier molecular flexibility index (Phi) is 4.85. The Morgan fingerprint density at radius 3 is 2.50 bits per heavy atom. The van der Waals surface area contributed by atoms with E-state index in [2.05, 4.69) is 20.6 Å². The number of hydrogen-bond donors (Lipinski definition) is 1. The summed E-state index contributed by atoms with van der Waals surface area (Å²) >= 11 is 0. The number of anilines is 1. The van der Waals surface area contributed by atoms with Crippen LogP contribution in [0, 0.1) is 0 Å². The molecular weight excluding hydrogens is 358 g/mol. The van der Waals surface area contributed by atoms with Crippen molar-refractivity contribution < 1.29 is 17.6 Å². The molecule has 2 heterocycles. The molecule has 3 aromatic rings. The van der Waals surface area contributed by atoms with Gasteiger partial charge in [0.15, 0.2) is 15.5 Å². The van der Waals surface area contributed by atoms with Gasteiger partial charge < -0.3 is 4.42 Å². The zero-order valence-electron chi connectivity index (χ0n) is 14.2. The van der Waals surface area contributed by atoms with E-state index in [1.807, 2.05) is 6.92 Å². The fourth-order valence-corrected chi connectivity index (χ4v) is 3.07. The Balaban J connectivity index is 1.74. The highest BCUT2D eigenvalue weighted by Gasteiger charge is 2.16. The van der Waals surface area contributed by atoms with E-state index in [0.29, 0.717) is 12.1 Å². The molecular formula is C16H17N5O4S. The van der Waals surface area contributed by atoms with Crippen LogP contribution in [0.15, 0.2) is 45.8 Å². The lowest BCUT2D eigenvalue weighted by molar-refractivity contribution is 0.101. The van der Waals surface area contributed by atoms with Crippen LogP contribution in [0.1, 0.15) is 24.3 Å². The topological polar surface area (TPSA) is 120 Å². The number of aromatic nitrogens is 4. The molecule has 0 aliphatic carbocycles. The summed E-state index contributed by atoms with van der Waals surface area (Å²) in [5.41, 5.74) is 0.782. The van der Waals surface area contributed by atoms with E-state index in [9.17, 15) is 13.2 Å². The fourth-order valence-electron chi connectivity index (χ4n) is 2.18. The second kappa shape index (κ2) is 7.08. The molecule has 0 saturated heterocycles. The van der Waals surface area contributed by atoms with Crippen LogP contribution in [0.4, 0.5) is 6.01 Å². The monoisotopic (exact) mass is 375 g/mol. The molecule has 1 aromatic carbocycles. The molecule has 2 aromatic heterocycles. The van der Waals surface area contributed by atoms with E-state index in [1.165, 1.54) is 12.1 Å². The molecule has 10 heteroatoms. The van der Waals surface area contributed by atoms with Crippen LogP contribution < -0.4 is 5.32 Å². The van der Waals surface area contributed by atoms with Crippen molar-refractivity contribution in [1.82, 2.24) is 20.0 Å². The van der Waals surface area contributed by atoms with Crippen molar-refractivity contribution in [2.45, 2.75) is 25.3 Å². The number of nitrogens with zero attached hydrogens (tertiary/aromatic N) is 4. The third-order valence-electron chi connectivity index (χ3n) is 3.68. The summed E-state index contributed by atoms with van der Waals surface area (Å²) < 4.78 is 30.7. The third-order valence-corrected chi connectivity index (χ3v) is 5.43. The van der Waals surface area contributed by atoms with Gasteiger partial charge in [-0.05, 0) is 37.3 Å². The van der Waals surface area contributed by atoms with Gasteiger partial charge in [0, 0.05) is 18.3 Å². The summed E-state index contributed by atoms with van der Waals surface area (Å²) in [4.78, 5) is 12.3. The Hall–Kier alpha value is -3.01. The minimum Gasteiger partial charge on any atom is -0.403 e. The maximum absolute atomic E-state index is 12.1. The van der Waals surface area contributed by atoms with Gasteiger partial charge in [0.05, 0.1) is 10.6 Å². The number of carbonyl (C=O) groups excluding carboxylic acids is 1. The molecule has 0 radical (unpaired) electrons. The fraction of sp³-hybridized carbons (Fsp3) is 0.250. The second-order valence-electron chi connectivity index (χ2n) is 5.35. The molecule has 9 nitrogen and oxygen atoms in total. The van der Waals surface area contributed by atoms with Crippen LogP contribution in [0.25, 0.3) is 11.5 Å². The van der Waals surface area contributed by atoms with E-state index >= 15 is 0 Å². The summed E-state index contributed by atoms with van der Waals surface area (Å²) in [5.74, 6) is -0.270. The number of rotatable bonds is 6. The number of benzene rings is 1. The molecule has 0 unspecified atom stereocenters. The zero-order chi connectivity index (χ0) is 18.7. The summed E-state index contributed by atoms with van der Waals surface area (Å²) in [6.45, 7) is 4.15. The number of aryl methyl sites for hydroxylation is 1. The van der Waals surface area contributed by atoms with Gasteiger partial charge >= 0.3 is 6.01 Å². The number of carbonyl (C=O) groups is 1. The Morgan fingerprint density at radius 1 is 1.15 bits per heavy atom. The van der Waals surface area contributed by atoms with E-state index in [1.54, 1.807) is 36.0 Å². The molecule has 26 heavy (non-hydrogen) atoms. The number of hydrogen-bond acceptors (Lipinski definition) is 7. The molecule has 1 amide bonds. The Bertz CT molecular complexity index is 1020. The standard InChI is InChI=1S/C16H17N5O4S/c1-3-21-10-9-13(20-21)14(22)17-16-19-18-15(25-16)11-5-7-12(8-6-11)26(23,24)4-2/h5-10H,3-4H2,1-2H3,(H,17,19,22). The van der Waals surface area contributed by atoms with E-state index in [4.69, 9.17) is 4.42 Å². The average Bonchev–Trinajstić information content (AvgIpc) is 3.31. The van der Waals surface area contributed by atoms with Crippen molar-refractivity contribution in [2.24, 2.45) is 0 Å². The molecule has 0 aliphatic heterocycles. The first-order valence-electron chi connectivity index (χ1n) is 7.94. The minimum absolute atomic E-state index is 0.0247. The summed E-state index contributed by atoms with van der Waals surface area (Å²) in [6, 6.07) is 7.63. The smallest absolute Gasteiger partial charge is 0.322 e. The summed E-state index contributed by atoms with van der Waals surface area (Å²) in [7, 11) is -3.27. The van der Waals surface area contributed by atoms with Crippen LogP contribution in [-0.4, -0.2) is 40.1 Å². The van der Waals surface area contributed by atoms with Gasteiger partial charge in [0.2, 0.25) is 5.89 Å². The SMILES string of the molecule is CCn1ccc(C(=O)Nc2nnc(-c3ccc(S(=O)(=O)CC)cc3)o2)n1. The molecule has 136 valence electrons. The van der Waals surface area contributed by atoms with Crippen molar-refractivity contribution in [3.8, 4) is 11.5 Å². The number of amides is 1. The van der Waals surface area contributed by atoms with Crippen molar-refractivity contribution in [3.63, 3.8) is 0 Å². The van der Waals surface area contributed by atoms with Gasteiger partial charge in [0.25, 0.3) is 5.91 Å². The molecule has 0 fully saturated rings. The first kappa shape index (κ1) is 17.8. The van der Waals surface area contributed by atoms with Gasteiger partial charge in [0.1, 0.15) is 0 Å². The first-order valence-corrected chi connectivity index (χ1v) is 9.59. The van der Waals surface area contributed by atoms with Crippen molar-refractivity contribution in [2.75, 3.05) is 11.1 Å². The maximum atomic E-state index is 12.1. The number of nitrogens with one attached hydrogen (secondary N) is 1. The van der Waals surface area contributed by atoms with Crippen LogP contribution in [0.5, 0.6) is 0 Å². The minimum atomic E-state index is -3.27. The zero-order valence-corrected chi connectivity index (χ0v) is 15.0.